The number of alkyl halides is 8. The summed E-state index contributed by atoms with van der Waals surface area (Å²) in [6.45, 7) is 0.504. The van der Waals surface area contributed by atoms with Gasteiger partial charge in [0.05, 0.1) is 6.54 Å². The summed E-state index contributed by atoms with van der Waals surface area (Å²) < 4.78 is 113. The van der Waals surface area contributed by atoms with Crippen LogP contribution in [0.1, 0.15) is 18.1 Å². The maximum Gasteiger partial charge on any atom is 0.499 e. The fourth-order valence-corrected chi connectivity index (χ4v) is 3.72. The molecule has 0 radical (unpaired) electrons. The number of aryl methyl sites for hydroxylation is 1. The van der Waals surface area contributed by atoms with Gasteiger partial charge in [0.15, 0.2) is 6.10 Å². The third-order valence-electron chi connectivity index (χ3n) is 5.44. The maximum absolute atomic E-state index is 13.3. The zero-order valence-corrected chi connectivity index (χ0v) is 20.9. The molecule has 1 N–H and O–H groups in total. The van der Waals surface area contributed by atoms with E-state index in [1.807, 2.05) is 6.92 Å². The van der Waals surface area contributed by atoms with Crippen LogP contribution in [0.2, 0.25) is 5.02 Å². The summed E-state index contributed by atoms with van der Waals surface area (Å²) in [6, 6.07) is 14.9. The average molecular weight is 584 g/mol. The molecule has 4 nitrogen and oxygen atoms in total. The highest BCUT2D eigenvalue weighted by Crippen LogP contribution is 2.38. The maximum atomic E-state index is 13.3. The molecule has 0 bridgehead atoms. The molecule has 0 aliphatic rings. The Labute approximate surface area is 223 Å². The first-order valence-corrected chi connectivity index (χ1v) is 11.8. The van der Waals surface area contributed by atoms with Crippen molar-refractivity contribution in [2.24, 2.45) is 0 Å². The number of hydrogen-bond acceptors (Lipinski definition) is 4. The van der Waals surface area contributed by atoms with E-state index in [0.29, 0.717) is 17.2 Å². The van der Waals surface area contributed by atoms with Crippen molar-refractivity contribution in [2.75, 3.05) is 11.4 Å². The van der Waals surface area contributed by atoms with E-state index in [1.54, 1.807) is 18.2 Å². The molecule has 0 aliphatic carbocycles. The number of halogens is 9. The number of anilines is 1. The predicted octanol–water partition coefficient (Wildman–Crippen LogP) is 8.16. The summed E-state index contributed by atoms with van der Waals surface area (Å²) in [5.74, 6) is -0.214. The molecule has 0 spiro atoms. The van der Waals surface area contributed by atoms with Crippen LogP contribution < -0.4 is 14.4 Å². The minimum absolute atomic E-state index is 0.0384. The quantitative estimate of drug-likeness (QED) is 0.245. The molecule has 3 aromatic rings. The highest BCUT2D eigenvalue weighted by Gasteiger charge is 2.61. The molecule has 0 heterocycles. The second kappa shape index (κ2) is 11.9. The molecule has 0 aliphatic heterocycles. The number of ether oxygens (including phenoxy) is 2. The second-order valence-electron chi connectivity index (χ2n) is 8.41. The lowest BCUT2D eigenvalue weighted by molar-refractivity contribution is -0.360. The van der Waals surface area contributed by atoms with Crippen molar-refractivity contribution >= 4 is 17.3 Å². The molecule has 0 aromatic heterocycles. The zero-order valence-electron chi connectivity index (χ0n) is 20.2. The molecule has 13 heteroatoms. The Morgan fingerprint density at radius 3 is 2.13 bits per heavy atom. The standard InChI is InChI=1S/C26H22ClF8NO3/c1-2-17-12-20(9-10-22(17)27)38-19-7-4-6-18(13-19)36(15-23(37)24(28,29)30)14-16-5-3-8-21(11-16)39-26(34,35)25(31,32)33/h3-13,23,37H,2,14-15H2,1H3/t23-/m1/s1. The van der Waals surface area contributed by atoms with E-state index in [2.05, 4.69) is 4.74 Å². The van der Waals surface area contributed by atoms with Gasteiger partial charge in [-0.15, -0.1) is 0 Å². The first-order valence-electron chi connectivity index (χ1n) is 11.4. The van der Waals surface area contributed by atoms with Crippen LogP contribution in [0, 0.1) is 0 Å². The van der Waals surface area contributed by atoms with Crippen molar-refractivity contribution in [1.29, 1.82) is 0 Å². The SMILES string of the molecule is CCc1cc(Oc2cccc(N(Cc3cccc(OC(F)(F)C(F)(F)F)c3)C[C@@H](O)C(F)(F)F)c2)ccc1Cl. The van der Waals surface area contributed by atoms with Crippen LogP contribution in [0.4, 0.5) is 40.8 Å². The predicted molar refractivity (Wildman–Crippen MR) is 129 cm³/mol. The van der Waals surface area contributed by atoms with Gasteiger partial charge < -0.3 is 19.5 Å². The Kier molecular flexibility index (Phi) is 9.22. The lowest BCUT2D eigenvalue weighted by Crippen LogP contribution is -2.42. The monoisotopic (exact) mass is 583 g/mol. The number of nitrogens with zero attached hydrogens (tertiary/aromatic N) is 1. The van der Waals surface area contributed by atoms with Crippen molar-refractivity contribution in [3.05, 3.63) is 82.9 Å². The highest BCUT2D eigenvalue weighted by molar-refractivity contribution is 6.31. The highest BCUT2D eigenvalue weighted by atomic mass is 35.5. The van der Waals surface area contributed by atoms with Gasteiger partial charge in [0.25, 0.3) is 0 Å². The Bertz CT molecular complexity index is 1270. The third-order valence-corrected chi connectivity index (χ3v) is 5.80. The lowest BCUT2D eigenvalue weighted by Gasteiger charge is -2.29. The van der Waals surface area contributed by atoms with E-state index in [9.17, 15) is 40.2 Å². The third kappa shape index (κ3) is 8.12. The van der Waals surface area contributed by atoms with E-state index in [1.165, 1.54) is 30.3 Å². The summed E-state index contributed by atoms with van der Waals surface area (Å²) in [5.41, 5.74) is 0.988. The molecule has 212 valence electrons. The van der Waals surface area contributed by atoms with Gasteiger partial charge in [-0.1, -0.05) is 36.7 Å². The van der Waals surface area contributed by atoms with Crippen molar-refractivity contribution in [3.63, 3.8) is 0 Å². The molecule has 1 atom stereocenters. The number of benzene rings is 3. The van der Waals surface area contributed by atoms with Gasteiger partial charge in [-0.05, 0) is 60.0 Å². The number of rotatable bonds is 10. The van der Waals surface area contributed by atoms with Crippen LogP contribution in [0.15, 0.2) is 66.7 Å². The van der Waals surface area contributed by atoms with Crippen LogP contribution in [0.5, 0.6) is 17.2 Å². The number of aliphatic hydroxyl groups is 1. The van der Waals surface area contributed by atoms with Crippen LogP contribution in [0.25, 0.3) is 0 Å². The molecular weight excluding hydrogens is 562 g/mol. The first kappa shape index (κ1) is 30.3. The van der Waals surface area contributed by atoms with Gasteiger partial charge in [-0.2, -0.15) is 35.1 Å². The first-order chi connectivity index (χ1) is 18.1. The van der Waals surface area contributed by atoms with Gasteiger partial charge in [0.2, 0.25) is 0 Å². The Morgan fingerprint density at radius 1 is 0.846 bits per heavy atom. The molecular formula is C26H22ClF8NO3. The minimum Gasteiger partial charge on any atom is -0.457 e. The van der Waals surface area contributed by atoms with E-state index >= 15 is 0 Å². The number of hydrogen-bond donors (Lipinski definition) is 1. The molecule has 0 fully saturated rings. The Morgan fingerprint density at radius 2 is 1.49 bits per heavy atom. The summed E-state index contributed by atoms with van der Waals surface area (Å²) >= 11 is 6.11. The summed E-state index contributed by atoms with van der Waals surface area (Å²) in [6.07, 6.45) is -18.6. The van der Waals surface area contributed by atoms with Crippen LogP contribution in [-0.4, -0.2) is 36.2 Å². The van der Waals surface area contributed by atoms with Gasteiger partial charge in [0.1, 0.15) is 17.2 Å². The minimum atomic E-state index is -5.98. The molecule has 3 rings (SSSR count). The molecule has 3 aromatic carbocycles. The van der Waals surface area contributed by atoms with Crippen LogP contribution >= 0.6 is 11.6 Å². The molecule has 0 unspecified atom stereocenters. The van der Waals surface area contributed by atoms with Crippen LogP contribution in [-0.2, 0) is 13.0 Å². The van der Waals surface area contributed by atoms with Gasteiger partial charge in [-0.25, -0.2) is 0 Å². The van der Waals surface area contributed by atoms with Crippen molar-refractivity contribution in [1.82, 2.24) is 0 Å². The summed E-state index contributed by atoms with van der Waals surface area (Å²) in [7, 11) is 0. The Hall–Kier alpha value is -3.25. The van der Waals surface area contributed by atoms with Crippen molar-refractivity contribution < 1.29 is 49.7 Å². The second-order valence-corrected chi connectivity index (χ2v) is 8.82. The van der Waals surface area contributed by atoms with Gasteiger partial charge in [-0.3, -0.25) is 0 Å². The number of aliphatic hydroxyl groups excluding tert-OH is 1. The zero-order chi connectivity index (χ0) is 29.0. The van der Waals surface area contributed by atoms with Gasteiger partial charge in [0, 0.05) is 23.3 Å². The van der Waals surface area contributed by atoms with E-state index < -0.39 is 43.4 Å². The largest absolute Gasteiger partial charge is 0.499 e. The fourth-order valence-electron chi connectivity index (χ4n) is 3.47. The molecule has 0 saturated heterocycles. The van der Waals surface area contributed by atoms with Crippen molar-refractivity contribution in [3.8, 4) is 17.2 Å². The molecule has 0 amide bonds. The van der Waals surface area contributed by atoms with E-state index in [0.717, 1.165) is 28.7 Å². The normalized spacial score (nSPS) is 13.2. The topological polar surface area (TPSA) is 41.9 Å². The summed E-state index contributed by atoms with van der Waals surface area (Å²) in [4.78, 5) is 1.07. The fraction of sp³-hybridized carbons (Fsp3) is 0.308. The molecule has 39 heavy (non-hydrogen) atoms. The Balaban J connectivity index is 1.90. The lowest BCUT2D eigenvalue weighted by atomic mass is 10.1. The average Bonchev–Trinajstić information content (AvgIpc) is 2.83. The van der Waals surface area contributed by atoms with Crippen LogP contribution in [0.3, 0.4) is 0 Å². The van der Waals surface area contributed by atoms with Crippen molar-refractivity contribution in [2.45, 2.75) is 44.5 Å². The summed E-state index contributed by atoms with van der Waals surface area (Å²) in [5, 5.41) is 10.3. The smallest absolute Gasteiger partial charge is 0.457 e. The molecule has 0 saturated carbocycles. The van der Waals surface area contributed by atoms with E-state index in [-0.39, 0.29) is 17.0 Å². The van der Waals surface area contributed by atoms with Gasteiger partial charge >= 0.3 is 18.5 Å². The van der Waals surface area contributed by atoms with E-state index in [4.69, 9.17) is 16.3 Å².